The number of carbonyl (C=O) groups excluding carboxylic acids is 2. The van der Waals surface area contributed by atoms with E-state index in [1.807, 2.05) is 18.2 Å². The lowest BCUT2D eigenvalue weighted by Crippen LogP contribution is -2.34. The van der Waals surface area contributed by atoms with Crippen molar-refractivity contribution in [3.63, 3.8) is 0 Å². The van der Waals surface area contributed by atoms with Crippen LogP contribution in [0, 0.1) is 0 Å². The molecule has 22 heavy (non-hydrogen) atoms. The minimum absolute atomic E-state index is 0.204. The summed E-state index contributed by atoms with van der Waals surface area (Å²) in [5.41, 5.74) is 3.27. The molecule has 0 bridgehead atoms. The lowest BCUT2D eigenvalue weighted by atomic mass is 10.1. The fourth-order valence-electron chi connectivity index (χ4n) is 2.96. The number of amides is 2. The van der Waals surface area contributed by atoms with Crippen molar-refractivity contribution in [3.8, 4) is 0 Å². The molecule has 2 amide bonds. The third kappa shape index (κ3) is 2.08. The summed E-state index contributed by atoms with van der Waals surface area (Å²) in [5.74, 6) is 0.167. The molecule has 1 saturated carbocycles. The van der Waals surface area contributed by atoms with E-state index in [1.54, 1.807) is 24.3 Å². The molecule has 0 spiro atoms. The molecule has 1 aliphatic heterocycles. The predicted molar refractivity (Wildman–Crippen MR) is 83.8 cm³/mol. The van der Waals surface area contributed by atoms with Gasteiger partial charge >= 0.3 is 0 Å². The van der Waals surface area contributed by atoms with Crippen LogP contribution in [-0.4, -0.2) is 23.4 Å². The maximum Gasteiger partial charge on any atom is 0.263 e. The van der Waals surface area contributed by atoms with E-state index in [0.717, 1.165) is 5.69 Å². The number of anilines is 1. The molecule has 1 N–H and O–H groups in total. The van der Waals surface area contributed by atoms with Crippen molar-refractivity contribution in [1.82, 2.24) is 4.90 Å². The second kappa shape index (κ2) is 4.98. The first kappa shape index (κ1) is 13.1. The average Bonchev–Trinajstić information content (AvgIpc) is 3.36. The zero-order chi connectivity index (χ0) is 15.1. The highest BCUT2D eigenvalue weighted by atomic mass is 16.2. The lowest BCUT2D eigenvalue weighted by molar-refractivity contribution is 0.0666. The van der Waals surface area contributed by atoms with Crippen molar-refractivity contribution in [2.24, 2.45) is 0 Å². The number of hydrogen-bond donors (Lipinski definition) is 1. The Hall–Kier alpha value is -2.62. The maximum atomic E-state index is 12.3. The molecule has 1 aliphatic carbocycles. The van der Waals surface area contributed by atoms with Gasteiger partial charge in [-0.15, -0.1) is 0 Å². The van der Waals surface area contributed by atoms with Crippen molar-refractivity contribution < 1.29 is 9.59 Å². The number of imide groups is 1. The highest BCUT2D eigenvalue weighted by Crippen LogP contribution is 2.43. The van der Waals surface area contributed by atoms with Gasteiger partial charge in [-0.2, -0.15) is 0 Å². The standard InChI is InChI=1S/C18H16N2O2/c21-17-14-6-1-2-7-15(14)18(22)20(17)11-19-16-8-4-3-5-13(16)12-9-10-12/h1-8,12,19H,9-11H2. The zero-order valence-electron chi connectivity index (χ0n) is 12.1. The summed E-state index contributed by atoms with van der Waals surface area (Å²) in [4.78, 5) is 25.9. The van der Waals surface area contributed by atoms with Crippen LogP contribution in [0.2, 0.25) is 0 Å². The summed E-state index contributed by atoms with van der Waals surface area (Å²) in [6.07, 6.45) is 2.43. The Morgan fingerprint density at radius 1 is 0.909 bits per heavy atom. The Morgan fingerprint density at radius 3 is 2.14 bits per heavy atom. The summed E-state index contributed by atoms with van der Waals surface area (Å²) in [7, 11) is 0. The van der Waals surface area contributed by atoms with Crippen LogP contribution in [0.15, 0.2) is 48.5 Å². The van der Waals surface area contributed by atoms with Crippen molar-refractivity contribution >= 4 is 17.5 Å². The van der Waals surface area contributed by atoms with Gasteiger partial charge in [-0.05, 0) is 42.5 Å². The molecule has 1 fully saturated rings. The Bertz CT molecular complexity index is 730. The second-order valence-corrected chi connectivity index (χ2v) is 5.78. The minimum Gasteiger partial charge on any atom is -0.367 e. The van der Waals surface area contributed by atoms with Gasteiger partial charge in [-0.3, -0.25) is 14.5 Å². The third-order valence-corrected chi connectivity index (χ3v) is 4.28. The molecule has 0 unspecified atom stereocenters. The van der Waals surface area contributed by atoms with Gasteiger partial charge in [-0.25, -0.2) is 0 Å². The molecule has 0 atom stereocenters. The Kier molecular flexibility index (Phi) is 2.96. The van der Waals surface area contributed by atoms with E-state index in [-0.39, 0.29) is 18.5 Å². The normalized spacial score (nSPS) is 16.8. The molecule has 4 heteroatoms. The van der Waals surface area contributed by atoms with E-state index < -0.39 is 0 Å². The van der Waals surface area contributed by atoms with E-state index in [1.165, 1.54) is 23.3 Å². The van der Waals surface area contributed by atoms with Crippen LogP contribution < -0.4 is 5.32 Å². The first-order valence-electron chi connectivity index (χ1n) is 7.54. The quantitative estimate of drug-likeness (QED) is 0.880. The van der Waals surface area contributed by atoms with Crippen molar-refractivity contribution in [2.75, 3.05) is 12.0 Å². The van der Waals surface area contributed by atoms with Gasteiger partial charge in [0.25, 0.3) is 11.8 Å². The molecule has 110 valence electrons. The summed E-state index contributed by atoms with van der Waals surface area (Å²) in [5, 5.41) is 3.26. The van der Waals surface area contributed by atoms with Gasteiger partial charge in [0, 0.05) is 5.69 Å². The van der Waals surface area contributed by atoms with Crippen LogP contribution in [0.1, 0.15) is 45.0 Å². The van der Waals surface area contributed by atoms with Crippen LogP contribution in [0.5, 0.6) is 0 Å². The number of nitrogens with zero attached hydrogens (tertiary/aromatic N) is 1. The van der Waals surface area contributed by atoms with Gasteiger partial charge in [0.1, 0.15) is 0 Å². The number of benzene rings is 2. The maximum absolute atomic E-state index is 12.3. The second-order valence-electron chi connectivity index (χ2n) is 5.78. The van der Waals surface area contributed by atoms with Crippen LogP contribution >= 0.6 is 0 Å². The number of para-hydroxylation sites is 1. The van der Waals surface area contributed by atoms with Crippen molar-refractivity contribution in [1.29, 1.82) is 0 Å². The number of hydrogen-bond acceptors (Lipinski definition) is 3. The van der Waals surface area contributed by atoms with E-state index in [2.05, 4.69) is 11.4 Å². The fourth-order valence-corrected chi connectivity index (χ4v) is 2.96. The van der Waals surface area contributed by atoms with Gasteiger partial charge in [-0.1, -0.05) is 30.3 Å². The molecule has 2 aromatic rings. The number of rotatable bonds is 4. The number of carbonyl (C=O) groups is 2. The molecule has 0 saturated heterocycles. The first-order valence-corrected chi connectivity index (χ1v) is 7.54. The Labute approximate surface area is 128 Å². The summed E-state index contributed by atoms with van der Waals surface area (Å²) < 4.78 is 0. The Morgan fingerprint density at radius 2 is 1.50 bits per heavy atom. The fraction of sp³-hybridized carbons (Fsp3) is 0.222. The topological polar surface area (TPSA) is 49.4 Å². The molecular weight excluding hydrogens is 276 g/mol. The summed E-state index contributed by atoms with van der Waals surface area (Å²) in [6, 6.07) is 15.1. The van der Waals surface area contributed by atoms with E-state index in [9.17, 15) is 9.59 Å². The number of nitrogens with one attached hydrogen (secondary N) is 1. The Balaban J connectivity index is 1.54. The smallest absolute Gasteiger partial charge is 0.263 e. The van der Waals surface area contributed by atoms with Crippen LogP contribution in [-0.2, 0) is 0 Å². The molecule has 1 heterocycles. The predicted octanol–water partition coefficient (Wildman–Crippen LogP) is 3.23. The van der Waals surface area contributed by atoms with E-state index in [0.29, 0.717) is 17.0 Å². The van der Waals surface area contributed by atoms with Gasteiger partial charge < -0.3 is 5.32 Å². The zero-order valence-corrected chi connectivity index (χ0v) is 12.1. The highest BCUT2D eigenvalue weighted by molar-refractivity contribution is 6.21. The molecule has 2 aliphatic rings. The lowest BCUT2D eigenvalue weighted by Gasteiger charge is -2.17. The monoisotopic (exact) mass is 292 g/mol. The number of fused-ring (bicyclic) bond motifs is 1. The molecular formula is C18H16N2O2. The molecule has 0 aromatic heterocycles. The van der Waals surface area contributed by atoms with Crippen LogP contribution in [0.4, 0.5) is 5.69 Å². The van der Waals surface area contributed by atoms with Gasteiger partial charge in [0.2, 0.25) is 0 Å². The minimum atomic E-state index is -0.225. The largest absolute Gasteiger partial charge is 0.367 e. The van der Waals surface area contributed by atoms with Crippen molar-refractivity contribution in [3.05, 3.63) is 65.2 Å². The average molecular weight is 292 g/mol. The molecule has 4 rings (SSSR count). The van der Waals surface area contributed by atoms with E-state index in [4.69, 9.17) is 0 Å². The molecule has 2 aromatic carbocycles. The third-order valence-electron chi connectivity index (χ3n) is 4.28. The SMILES string of the molecule is O=C1c2ccccc2C(=O)N1CNc1ccccc1C1CC1. The molecule has 0 radical (unpaired) electrons. The summed E-state index contributed by atoms with van der Waals surface area (Å²) >= 11 is 0. The first-order chi connectivity index (χ1) is 10.8. The van der Waals surface area contributed by atoms with Crippen LogP contribution in [0.3, 0.4) is 0 Å². The van der Waals surface area contributed by atoms with E-state index >= 15 is 0 Å². The highest BCUT2D eigenvalue weighted by Gasteiger charge is 2.35. The van der Waals surface area contributed by atoms with Gasteiger partial charge in [0.15, 0.2) is 0 Å². The summed E-state index contributed by atoms with van der Waals surface area (Å²) in [6.45, 7) is 0.204. The van der Waals surface area contributed by atoms with Crippen LogP contribution in [0.25, 0.3) is 0 Å². The van der Waals surface area contributed by atoms with Gasteiger partial charge in [0.05, 0.1) is 17.8 Å². The molecule has 4 nitrogen and oxygen atoms in total. The van der Waals surface area contributed by atoms with Crippen molar-refractivity contribution in [2.45, 2.75) is 18.8 Å².